The highest BCUT2D eigenvalue weighted by Crippen LogP contribution is 2.45. The molecule has 5 unspecified atom stereocenters. The average Bonchev–Trinajstić information content (AvgIpc) is 2.76. The molecule has 1 saturated carbocycles. The third-order valence-electron chi connectivity index (χ3n) is 7.11. The van der Waals surface area contributed by atoms with Crippen LogP contribution in [0.25, 0.3) is 0 Å². The minimum absolute atomic E-state index is 0.0558. The predicted octanol–water partition coefficient (Wildman–Crippen LogP) is 4.98. The van der Waals surface area contributed by atoms with Crippen LogP contribution in [-0.2, 0) is 17.7 Å². The van der Waals surface area contributed by atoms with Crippen molar-refractivity contribution < 1.29 is 14.6 Å². The van der Waals surface area contributed by atoms with Crippen molar-refractivity contribution in [1.82, 2.24) is 10.6 Å². The van der Waals surface area contributed by atoms with E-state index in [1.807, 2.05) is 0 Å². The van der Waals surface area contributed by atoms with E-state index in [0.717, 1.165) is 50.8 Å². The Hall–Kier alpha value is 0.840. The Kier molecular flexibility index (Phi) is 18.4. The van der Waals surface area contributed by atoms with E-state index in [1.165, 1.54) is 44.9 Å². The molecule has 0 amide bonds. The van der Waals surface area contributed by atoms with Gasteiger partial charge >= 0.3 is 0 Å². The maximum atomic E-state index is 10.3. The smallest absolute Gasteiger partial charge is 0.275 e. The molecule has 1 aliphatic carbocycles. The van der Waals surface area contributed by atoms with Gasteiger partial charge in [0.1, 0.15) is 14.0 Å². The zero-order chi connectivity index (χ0) is 26.2. The van der Waals surface area contributed by atoms with Crippen LogP contribution in [0, 0.1) is 16.7 Å². The van der Waals surface area contributed by atoms with E-state index in [4.69, 9.17) is 14.6 Å². The number of unbranched alkanes of at least 4 members (excludes halogenated alkanes) is 1. The molecule has 0 saturated heterocycles. The first kappa shape index (κ1) is 33.9. The van der Waals surface area contributed by atoms with E-state index in [1.54, 1.807) is 0 Å². The van der Waals surface area contributed by atoms with E-state index >= 15 is 0 Å². The van der Waals surface area contributed by atoms with Crippen LogP contribution in [0.3, 0.4) is 0 Å². The van der Waals surface area contributed by atoms with Gasteiger partial charge in [0.15, 0.2) is 0 Å². The number of aliphatic hydroxyl groups excluding tert-OH is 1. The van der Waals surface area contributed by atoms with Crippen molar-refractivity contribution in [3.8, 4) is 0 Å². The Morgan fingerprint density at radius 3 is 2.49 bits per heavy atom. The molecule has 0 aliphatic heterocycles. The van der Waals surface area contributed by atoms with Crippen LogP contribution in [-0.4, -0.2) is 69.1 Å². The Balaban J connectivity index is 2.27. The zero-order valence-corrected chi connectivity index (χ0v) is 26.4. The van der Waals surface area contributed by atoms with Crippen molar-refractivity contribution in [2.24, 2.45) is 21.9 Å². The summed E-state index contributed by atoms with van der Waals surface area (Å²) >= 11 is 2.25. The second kappa shape index (κ2) is 19.0. The summed E-state index contributed by atoms with van der Waals surface area (Å²) in [5.41, 5.74) is 0.542. The number of aliphatic hydroxyl groups is 1. The molecule has 5 N–H and O–H groups in total. The predicted molar refractivity (Wildman–Crippen MR) is 161 cm³/mol. The largest absolute Gasteiger partial charge is 0.389 e. The molecular weight excluding hydrogens is 573 g/mol. The van der Waals surface area contributed by atoms with Gasteiger partial charge in [-0.1, -0.05) is 53.9 Å². The molecule has 1 fully saturated rings. The fourth-order valence-electron chi connectivity index (χ4n) is 5.66. The number of nitrogens with two attached hydrogens (primary N) is 1. The molecule has 35 heavy (non-hydrogen) atoms. The molecule has 5 atom stereocenters. The Labute approximate surface area is 232 Å². The standard InChI is InChI=1S/C27H57IN3O3S/c1-6-8-11-23(7-2)19-33-13-9-12-31-24-16-26(3,4)21-27(5,17-24)22-30-18-25(32)20-34-14-10-15-35(28)29/h23-25,30-32H,6-22,29H2,1-5H3/q+1. The van der Waals surface area contributed by atoms with Gasteiger partial charge in [0, 0.05) is 38.8 Å². The lowest BCUT2D eigenvalue weighted by molar-refractivity contribution is 0.0309. The van der Waals surface area contributed by atoms with Crippen molar-refractivity contribution in [2.75, 3.05) is 51.8 Å². The van der Waals surface area contributed by atoms with Gasteiger partial charge < -0.3 is 25.2 Å². The summed E-state index contributed by atoms with van der Waals surface area (Å²) in [5.74, 6) is 1.70. The van der Waals surface area contributed by atoms with Gasteiger partial charge in [-0.15, -0.1) is 5.14 Å². The maximum Gasteiger partial charge on any atom is 0.275 e. The second-order valence-electron chi connectivity index (χ2n) is 11.8. The van der Waals surface area contributed by atoms with Crippen LogP contribution in [0.2, 0.25) is 0 Å². The number of hydrogen-bond donors (Lipinski definition) is 4. The quantitative estimate of drug-likeness (QED) is 0.0813. The molecule has 0 aromatic heterocycles. The molecule has 8 heteroatoms. The average molecular weight is 631 g/mol. The summed E-state index contributed by atoms with van der Waals surface area (Å²) in [6.45, 7) is 17.1. The summed E-state index contributed by atoms with van der Waals surface area (Å²) in [5, 5.41) is 23.4. The van der Waals surface area contributed by atoms with Crippen LogP contribution in [0.5, 0.6) is 0 Å². The number of halogens is 1. The van der Waals surface area contributed by atoms with Crippen molar-refractivity contribution in [1.29, 1.82) is 0 Å². The van der Waals surface area contributed by atoms with Crippen molar-refractivity contribution in [2.45, 2.75) is 105 Å². The molecular formula is C27H57IN3O3S+. The normalized spacial score (nSPS) is 24.9. The van der Waals surface area contributed by atoms with Gasteiger partial charge in [-0.05, 0) is 55.4 Å². The molecule has 1 aliphatic rings. The van der Waals surface area contributed by atoms with Crippen LogP contribution >= 0.6 is 21.2 Å². The van der Waals surface area contributed by atoms with Gasteiger partial charge in [-0.25, -0.2) is 0 Å². The Morgan fingerprint density at radius 1 is 1.09 bits per heavy atom. The molecule has 0 aromatic rings. The monoisotopic (exact) mass is 630 g/mol. The fraction of sp³-hybridized carbons (Fsp3) is 1.00. The van der Waals surface area contributed by atoms with Gasteiger partial charge in [0.05, 0.1) is 19.3 Å². The summed E-state index contributed by atoms with van der Waals surface area (Å²) in [6.07, 6.45) is 10.3. The van der Waals surface area contributed by atoms with Crippen molar-refractivity contribution in [3.05, 3.63) is 0 Å². The molecule has 0 bridgehead atoms. The molecule has 210 valence electrons. The van der Waals surface area contributed by atoms with E-state index in [2.05, 4.69) is 66.5 Å². The van der Waals surface area contributed by atoms with Crippen molar-refractivity contribution >= 4 is 29.5 Å². The molecule has 1 rings (SSSR count). The zero-order valence-electron chi connectivity index (χ0n) is 23.4. The van der Waals surface area contributed by atoms with E-state index < -0.39 is 6.10 Å². The van der Waals surface area contributed by atoms with Gasteiger partial charge in [0.25, 0.3) is 21.2 Å². The van der Waals surface area contributed by atoms with Crippen LogP contribution in [0.15, 0.2) is 0 Å². The summed E-state index contributed by atoms with van der Waals surface area (Å²) in [6, 6.07) is 0.539. The lowest BCUT2D eigenvalue weighted by Gasteiger charge is -2.47. The number of rotatable bonds is 21. The second-order valence-corrected chi connectivity index (χ2v) is 16.4. The summed E-state index contributed by atoms with van der Waals surface area (Å²) < 4.78 is 11.6. The van der Waals surface area contributed by atoms with Crippen LogP contribution in [0.1, 0.15) is 92.4 Å². The van der Waals surface area contributed by atoms with Gasteiger partial charge in [-0.2, -0.15) is 0 Å². The van der Waals surface area contributed by atoms with E-state index in [9.17, 15) is 5.11 Å². The Morgan fingerprint density at radius 2 is 1.80 bits per heavy atom. The topological polar surface area (TPSA) is 88.8 Å². The Bertz CT molecular complexity index is 530. The maximum absolute atomic E-state index is 10.3. The first-order chi connectivity index (χ1) is 16.6. The van der Waals surface area contributed by atoms with Gasteiger partial charge in [-0.3, -0.25) is 0 Å². The minimum Gasteiger partial charge on any atom is -0.389 e. The highest BCUT2D eigenvalue weighted by molar-refractivity contribution is 14.2. The highest BCUT2D eigenvalue weighted by Gasteiger charge is 2.40. The summed E-state index contributed by atoms with van der Waals surface area (Å²) in [4.78, 5) is 0. The number of ether oxygens (including phenoxy) is 2. The molecule has 0 heterocycles. The molecule has 0 aromatic carbocycles. The first-order valence-corrected chi connectivity index (χ1v) is 18.0. The number of hydrogen-bond acceptors (Lipinski definition) is 6. The molecule has 6 nitrogen and oxygen atoms in total. The lowest BCUT2D eigenvalue weighted by Crippen LogP contribution is -2.49. The third-order valence-corrected chi connectivity index (χ3v) is 9.11. The fourth-order valence-corrected chi connectivity index (χ4v) is 6.99. The number of nitrogens with one attached hydrogen (secondary N) is 2. The first-order valence-electron chi connectivity index (χ1n) is 14.0. The highest BCUT2D eigenvalue weighted by atomic mass is 127. The summed E-state index contributed by atoms with van der Waals surface area (Å²) in [7, 11) is -0.0558. The van der Waals surface area contributed by atoms with Crippen LogP contribution in [0.4, 0.5) is 0 Å². The van der Waals surface area contributed by atoms with E-state index in [0.29, 0.717) is 31.2 Å². The minimum atomic E-state index is -0.464. The molecule has 0 radical (unpaired) electrons. The SMILES string of the molecule is CCCCC(CC)COCCCNC1CC(C)(C)CC(C)(CNCC(O)COCCC[S+](N)I)C1. The molecule has 0 spiro atoms. The van der Waals surface area contributed by atoms with Gasteiger partial charge in [0.2, 0.25) is 0 Å². The lowest BCUT2D eigenvalue weighted by atomic mass is 9.62. The van der Waals surface area contributed by atoms with Crippen molar-refractivity contribution in [3.63, 3.8) is 0 Å². The van der Waals surface area contributed by atoms with E-state index in [-0.39, 0.29) is 13.7 Å². The van der Waals surface area contributed by atoms with Crippen LogP contribution < -0.4 is 15.8 Å². The third kappa shape index (κ3) is 17.1.